The summed E-state index contributed by atoms with van der Waals surface area (Å²) in [6, 6.07) is 4.60. The molecule has 0 radical (unpaired) electrons. The molecule has 1 aromatic rings. The molecular formula is C16H31IN6. The molecule has 0 aliphatic carbocycles. The fourth-order valence-corrected chi connectivity index (χ4v) is 2.66. The highest BCUT2D eigenvalue weighted by molar-refractivity contribution is 14.0. The zero-order valence-electron chi connectivity index (χ0n) is 14.5. The van der Waals surface area contributed by atoms with Crippen LogP contribution in [0.3, 0.4) is 0 Å². The molecule has 1 aliphatic heterocycles. The minimum absolute atomic E-state index is 0. The summed E-state index contributed by atoms with van der Waals surface area (Å²) in [5.74, 6) is 0.913. The zero-order valence-corrected chi connectivity index (χ0v) is 16.9. The number of nitrogens with zero attached hydrogens (tertiary/aromatic N) is 4. The maximum atomic E-state index is 4.76. The Morgan fingerprint density at radius 3 is 2.61 bits per heavy atom. The summed E-state index contributed by atoms with van der Waals surface area (Å²) in [5, 5.41) is 6.74. The molecule has 0 spiro atoms. The van der Waals surface area contributed by atoms with Crippen LogP contribution in [0.1, 0.15) is 6.92 Å². The lowest BCUT2D eigenvalue weighted by Gasteiger charge is -2.36. The van der Waals surface area contributed by atoms with Gasteiger partial charge in [0.05, 0.1) is 6.54 Å². The maximum Gasteiger partial charge on any atom is 0.191 e. The molecule has 0 bridgehead atoms. The molecule has 23 heavy (non-hydrogen) atoms. The molecule has 1 atom stereocenters. The molecule has 0 saturated carbocycles. The third-order valence-corrected chi connectivity index (χ3v) is 4.11. The first-order valence-electron chi connectivity index (χ1n) is 8.20. The fourth-order valence-electron chi connectivity index (χ4n) is 2.66. The summed E-state index contributed by atoms with van der Waals surface area (Å²) in [6.45, 7) is 8.99. The van der Waals surface area contributed by atoms with Crippen molar-refractivity contribution in [3.05, 3.63) is 24.5 Å². The van der Waals surface area contributed by atoms with E-state index in [0.717, 1.165) is 51.8 Å². The van der Waals surface area contributed by atoms with Gasteiger partial charge in [0.2, 0.25) is 0 Å². The van der Waals surface area contributed by atoms with Crippen molar-refractivity contribution < 1.29 is 0 Å². The van der Waals surface area contributed by atoms with Gasteiger partial charge in [0.25, 0.3) is 0 Å². The van der Waals surface area contributed by atoms with Gasteiger partial charge in [-0.25, -0.2) is 0 Å². The number of hydrogen-bond acceptors (Lipinski definition) is 3. The predicted octanol–water partition coefficient (Wildman–Crippen LogP) is 0.907. The lowest BCUT2D eigenvalue weighted by Crippen LogP contribution is -2.51. The van der Waals surface area contributed by atoms with E-state index in [1.807, 2.05) is 0 Å². The van der Waals surface area contributed by atoms with E-state index in [1.165, 1.54) is 0 Å². The molecule has 1 aliphatic rings. The monoisotopic (exact) mass is 434 g/mol. The average Bonchev–Trinajstić information content (AvgIpc) is 3.01. The Kier molecular flexibility index (Phi) is 9.57. The number of guanidine groups is 1. The number of likely N-dealkylation sites (N-methyl/N-ethyl adjacent to an activating group) is 2. The van der Waals surface area contributed by atoms with Crippen LogP contribution < -0.4 is 10.6 Å². The fraction of sp³-hybridized carbons (Fsp3) is 0.688. The number of halogens is 1. The van der Waals surface area contributed by atoms with Gasteiger partial charge in [-0.05, 0) is 33.2 Å². The van der Waals surface area contributed by atoms with Crippen molar-refractivity contribution >= 4 is 29.9 Å². The van der Waals surface area contributed by atoms with Crippen LogP contribution in [0, 0.1) is 0 Å². The first kappa shape index (κ1) is 20.2. The Balaban J connectivity index is 0.00000264. The Morgan fingerprint density at radius 2 is 1.91 bits per heavy atom. The molecule has 132 valence electrons. The van der Waals surface area contributed by atoms with Gasteiger partial charge >= 0.3 is 0 Å². The van der Waals surface area contributed by atoms with Gasteiger partial charge in [-0.3, -0.25) is 9.89 Å². The van der Waals surface area contributed by atoms with Crippen molar-refractivity contribution in [1.82, 2.24) is 25.0 Å². The molecular weight excluding hydrogens is 403 g/mol. The highest BCUT2D eigenvalue weighted by Gasteiger charge is 2.21. The van der Waals surface area contributed by atoms with E-state index in [1.54, 1.807) is 0 Å². The molecule has 1 aromatic heterocycles. The summed E-state index contributed by atoms with van der Waals surface area (Å²) in [6.07, 6.45) is 4.16. The maximum absolute atomic E-state index is 4.76. The van der Waals surface area contributed by atoms with E-state index in [0.29, 0.717) is 6.04 Å². The molecule has 0 aromatic carbocycles. The Morgan fingerprint density at radius 1 is 1.17 bits per heavy atom. The van der Waals surface area contributed by atoms with Crippen molar-refractivity contribution in [3.8, 4) is 0 Å². The standard InChI is InChI=1S/C16H30N6.HI/c1-4-17-16(18-7-10-22-8-5-6-9-22)19-13-15-14-20(2)11-12-21(15)3;/h5-6,8-9,15H,4,7,10-14H2,1-3H3,(H2,17,18,19);1H. The smallest absolute Gasteiger partial charge is 0.191 e. The highest BCUT2D eigenvalue weighted by Crippen LogP contribution is 2.05. The van der Waals surface area contributed by atoms with Crippen LogP contribution in [0.4, 0.5) is 0 Å². The third-order valence-electron chi connectivity index (χ3n) is 4.11. The minimum Gasteiger partial charge on any atom is -0.357 e. The Hall–Kier alpha value is -0.800. The second kappa shape index (κ2) is 10.9. The summed E-state index contributed by atoms with van der Waals surface area (Å²) in [4.78, 5) is 9.55. The molecule has 2 N–H and O–H groups in total. The molecule has 1 unspecified atom stereocenters. The van der Waals surface area contributed by atoms with Crippen molar-refractivity contribution in [1.29, 1.82) is 0 Å². The van der Waals surface area contributed by atoms with Gasteiger partial charge in [0.15, 0.2) is 5.96 Å². The number of aromatic nitrogens is 1. The van der Waals surface area contributed by atoms with Gasteiger partial charge in [0, 0.05) is 57.7 Å². The summed E-state index contributed by atoms with van der Waals surface area (Å²) in [7, 11) is 4.38. The van der Waals surface area contributed by atoms with E-state index in [9.17, 15) is 0 Å². The first-order chi connectivity index (χ1) is 10.7. The van der Waals surface area contributed by atoms with Crippen LogP contribution in [-0.4, -0.2) is 79.7 Å². The van der Waals surface area contributed by atoms with Gasteiger partial charge in [0.1, 0.15) is 0 Å². The molecule has 1 fully saturated rings. The van der Waals surface area contributed by atoms with Crippen LogP contribution in [0.2, 0.25) is 0 Å². The number of piperazine rings is 1. The predicted molar refractivity (Wildman–Crippen MR) is 108 cm³/mol. The van der Waals surface area contributed by atoms with E-state index in [-0.39, 0.29) is 24.0 Å². The molecule has 1 saturated heterocycles. The van der Waals surface area contributed by atoms with E-state index < -0.39 is 0 Å². The Labute approximate surface area is 157 Å². The summed E-state index contributed by atoms with van der Waals surface area (Å²) in [5.41, 5.74) is 0. The van der Waals surface area contributed by atoms with E-state index >= 15 is 0 Å². The van der Waals surface area contributed by atoms with Gasteiger partial charge in [-0.15, -0.1) is 24.0 Å². The number of hydrogen-bond donors (Lipinski definition) is 2. The first-order valence-corrected chi connectivity index (χ1v) is 8.20. The largest absolute Gasteiger partial charge is 0.357 e. The van der Waals surface area contributed by atoms with Gasteiger partial charge in [-0.2, -0.15) is 0 Å². The van der Waals surface area contributed by atoms with Crippen molar-refractivity contribution in [2.75, 3.05) is 53.4 Å². The van der Waals surface area contributed by atoms with E-state index in [2.05, 4.69) is 70.5 Å². The molecule has 7 heteroatoms. The SMILES string of the molecule is CCNC(=NCC1CN(C)CCN1C)NCCn1cccc1.I. The Bertz CT molecular complexity index is 447. The van der Waals surface area contributed by atoms with E-state index in [4.69, 9.17) is 4.99 Å². The van der Waals surface area contributed by atoms with Crippen molar-refractivity contribution in [2.24, 2.45) is 4.99 Å². The quantitative estimate of drug-likeness (QED) is 0.397. The topological polar surface area (TPSA) is 47.8 Å². The third kappa shape index (κ3) is 7.09. The average molecular weight is 434 g/mol. The lowest BCUT2D eigenvalue weighted by molar-refractivity contribution is 0.119. The molecule has 6 nitrogen and oxygen atoms in total. The second-order valence-corrected chi connectivity index (χ2v) is 5.96. The summed E-state index contributed by atoms with van der Waals surface area (Å²) >= 11 is 0. The van der Waals surface area contributed by atoms with Crippen LogP contribution in [0.25, 0.3) is 0 Å². The van der Waals surface area contributed by atoms with Crippen LogP contribution in [-0.2, 0) is 6.54 Å². The second-order valence-electron chi connectivity index (χ2n) is 5.96. The summed E-state index contributed by atoms with van der Waals surface area (Å²) < 4.78 is 2.17. The highest BCUT2D eigenvalue weighted by atomic mass is 127. The number of aliphatic imine (C=N–C) groups is 1. The molecule has 2 rings (SSSR count). The van der Waals surface area contributed by atoms with Crippen molar-refractivity contribution in [3.63, 3.8) is 0 Å². The van der Waals surface area contributed by atoms with Crippen LogP contribution in [0.5, 0.6) is 0 Å². The number of nitrogens with one attached hydrogen (secondary N) is 2. The lowest BCUT2D eigenvalue weighted by atomic mass is 10.2. The normalized spacial score (nSPS) is 20.1. The minimum atomic E-state index is 0. The van der Waals surface area contributed by atoms with Gasteiger partial charge in [-0.1, -0.05) is 0 Å². The van der Waals surface area contributed by atoms with Crippen LogP contribution >= 0.6 is 24.0 Å². The number of rotatable bonds is 6. The molecule has 2 heterocycles. The van der Waals surface area contributed by atoms with Gasteiger partial charge < -0.3 is 20.1 Å². The van der Waals surface area contributed by atoms with Crippen molar-refractivity contribution in [2.45, 2.75) is 19.5 Å². The zero-order chi connectivity index (χ0) is 15.8. The van der Waals surface area contributed by atoms with Crippen LogP contribution in [0.15, 0.2) is 29.5 Å². The molecule has 0 amide bonds.